The maximum absolute atomic E-state index is 12.3. The fraction of sp³-hybridized carbons (Fsp3) is 0.467. The van der Waals surface area contributed by atoms with E-state index in [1.54, 1.807) is 17.5 Å². The largest absolute Gasteiger partial charge is 0.306 e. The Morgan fingerprint density at radius 2 is 2.25 bits per heavy atom. The van der Waals surface area contributed by atoms with Gasteiger partial charge in [0.2, 0.25) is 0 Å². The van der Waals surface area contributed by atoms with Gasteiger partial charge >= 0.3 is 0 Å². The molecule has 2 aromatic heterocycles. The van der Waals surface area contributed by atoms with Gasteiger partial charge in [-0.25, -0.2) is 0 Å². The van der Waals surface area contributed by atoms with Crippen LogP contribution in [0.5, 0.6) is 0 Å². The number of nitrogens with one attached hydrogen (secondary N) is 2. The van der Waals surface area contributed by atoms with Gasteiger partial charge in [0.15, 0.2) is 0 Å². The van der Waals surface area contributed by atoms with E-state index in [1.807, 2.05) is 6.92 Å². The van der Waals surface area contributed by atoms with Crippen LogP contribution in [-0.2, 0) is 19.3 Å². The third kappa shape index (κ3) is 2.63. The van der Waals surface area contributed by atoms with Crippen molar-refractivity contribution >= 4 is 23.1 Å². The topological polar surface area (TPSA) is 57.8 Å². The summed E-state index contributed by atoms with van der Waals surface area (Å²) in [5.41, 5.74) is 2.41. The van der Waals surface area contributed by atoms with Gasteiger partial charge in [-0.2, -0.15) is 5.10 Å². The zero-order valence-electron chi connectivity index (χ0n) is 11.7. The summed E-state index contributed by atoms with van der Waals surface area (Å²) in [6, 6.07) is 2.07. The Labute approximate surface area is 122 Å². The van der Waals surface area contributed by atoms with E-state index in [9.17, 15) is 4.79 Å². The van der Waals surface area contributed by atoms with Crippen molar-refractivity contribution in [3.05, 3.63) is 33.1 Å². The van der Waals surface area contributed by atoms with Crippen LogP contribution in [0.4, 0.5) is 5.82 Å². The fourth-order valence-electron chi connectivity index (χ4n) is 2.64. The Balaban J connectivity index is 1.77. The summed E-state index contributed by atoms with van der Waals surface area (Å²) >= 11 is 1.65. The van der Waals surface area contributed by atoms with Crippen molar-refractivity contribution in [3.8, 4) is 0 Å². The normalized spacial score (nSPS) is 14.7. The van der Waals surface area contributed by atoms with Gasteiger partial charge < -0.3 is 5.32 Å². The number of anilines is 1. The number of nitrogens with zero attached hydrogens (tertiary/aromatic N) is 1. The molecule has 2 N–H and O–H groups in total. The van der Waals surface area contributed by atoms with Crippen molar-refractivity contribution in [3.63, 3.8) is 0 Å². The van der Waals surface area contributed by atoms with E-state index in [1.165, 1.54) is 29.7 Å². The second-order valence-electron chi connectivity index (χ2n) is 5.20. The molecule has 0 fully saturated rings. The first-order valence-electron chi connectivity index (χ1n) is 7.23. The van der Waals surface area contributed by atoms with E-state index >= 15 is 0 Å². The Morgan fingerprint density at radius 1 is 1.40 bits per heavy atom. The first kappa shape index (κ1) is 13.4. The van der Waals surface area contributed by atoms with Gasteiger partial charge in [0.25, 0.3) is 5.91 Å². The number of rotatable bonds is 3. The summed E-state index contributed by atoms with van der Waals surface area (Å²) in [6.45, 7) is 2.05. The van der Waals surface area contributed by atoms with Gasteiger partial charge in [0.1, 0.15) is 5.82 Å². The lowest BCUT2D eigenvalue weighted by Crippen LogP contribution is -2.11. The van der Waals surface area contributed by atoms with Gasteiger partial charge in [0.05, 0.1) is 11.1 Å². The van der Waals surface area contributed by atoms with Crippen LogP contribution >= 0.6 is 11.3 Å². The second kappa shape index (κ2) is 5.79. The molecule has 0 bridgehead atoms. The van der Waals surface area contributed by atoms with Crippen LogP contribution in [0.1, 0.15) is 51.9 Å². The molecule has 0 spiro atoms. The van der Waals surface area contributed by atoms with E-state index in [0.29, 0.717) is 0 Å². The quantitative estimate of drug-likeness (QED) is 0.849. The molecular weight excluding hydrogens is 270 g/mol. The monoisotopic (exact) mass is 289 g/mol. The Kier molecular flexibility index (Phi) is 3.87. The van der Waals surface area contributed by atoms with Crippen LogP contribution in [0.15, 0.2) is 12.3 Å². The molecule has 20 heavy (non-hydrogen) atoms. The van der Waals surface area contributed by atoms with E-state index in [4.69, 9.17) is 0 Å². The molecule has 0 radical (unpaired) electrons. The molecule has 106 valence electrons. The van der Waals surface area contributed by atoms with Crippen molar-refractivity contribution in [1.82, 2.24) is 10.2 Å². The second-order valence-corrected chi connectivity index (χ2v) is 6.33. The first-order valence-corrected chi connectivity index (χ1v) is 8.04. The molecule has 4 nitrogen and oxygen atoms in total. The molecular formula is C15H19N3OS. The molecule has 1 aliphatic carbocycles. The molecule has 0 saturated heterocycles. The summed E-state index contributed by atoms with van der Waals surface area (Å²) in [5, 5.41) is 9.77. The van der Waals surface area contributed by atoms with Crippen LogP contribution in [-0.4, -0.2) is 16.1 Å². The molecule has 0 aliphatic heterocycles. The van der Waals surface area contributed by atoms with E-state index in [2.05, 4.69) is 21.6 Å². The number of H-pyrrole nitrogens is 1. The minimum absolute atomic E-state index is 0.0259. The maximum Gasteiger partial charge on any atom is 0.266 e. The highest BCUT2D eigenvalue weighted by Crippen LogP contribution is 2.29. The smallest absolute Gasteiger partial charge is 0.266 e. The minimum Gasteiger partial charge on any atom is -0.306 e. The minimum atomic E-state index is -0.0259. The van der Waals surface area contributed by atoms with Crippen LogP contribution in [0, 0.1) is 0 Å². The number of aryl methyl sites for hydroxylation is 3. The lowest BCUT2D eigenvalue weighted by atomic mass is 10.1. The molecule has 2 aromatic rings. The van der Waals surface area contributed by atoms with E-state index in [-0.39, 0.29) is 5.91 Å². The third-order valence-electron chi connectivity index (χ3n) is 3.81. The van der Waals surface area contributed by atoms with Crippen molar-refractivity contribution in [2.75, 3.05) is 5.32 Å². The number of carbonyl (C=O) groups excluding carboxylic acids is 1. The van der Waals surface area contributed by atoms with Crippen LogP contribution in [0.2, 0.25) is 0 Å². The molecule has 0 atom stereocenters. The molecule has 0 unspecified atom stereocenters. The molecule has 0 saturated carbocycles. The fourth-order valence-corrected chi connectivity index (χ4v) is 3.79. The molecule has 1 amide bonds. The van der Waals surface area contributed by atoms with Crippen LogP contribution in [0.25, 0.3) is 0 Å². The number of aromatic nitrogens is 2. The number of thiophene rings is 1. The standard InChI is InChI=1S/C15H19N3OS/c1-2-10-9-16-18-14(10)17-15(19)13-8-11-6-4-3-5-7-12(11)20-13/h8-9H,2-7H2,1H3,(H2,16,17,18,19). The van der Waals surface area contributed by atoms with E-state index in [0.717, 1.165) is 35.5 Å². The predicted octanol–water partition coefficient (Wildman–Crippen LogP) is 3.55. The zero-order chi connectivity index (χ0) is 13.9. The van der Waals surface area contributed by atoms with Gasteiger partial charge in [-0.1, -0.05) is 13.3 Å². The van der Waals surface area contributed by atoms with Crippen LogP contribution < -0.4 is 5.32 Å². The van der Waals surface area contributed by atoms with Gasteiger partial charge in [-0.3, -0.25) is 9.89 Å². The van der Waals surface area contributed by atoms with Crippen molar-refractivity contribution in [1.29, 1.82) is 0 Å². The predicted molar refractivity (Wildman–Crippen MR) is 81.5 cm³/mol. The molecule has 2 heterocycles. The average molecular weight is 289 g/mol. The highest BCUT2D eigenvalue weighted by atomic mass is 32.1. The van der Waals surface area contributed by atoms with E-state index < -0.39 is 0 Å². The average Bonchev–Trinajstić information content (AvgIpc) is 3.00. The first-order chi connectivity index (χ1) is 9.78. The summed E-state index contributed by atoms with van der Waals surface area (Å²) in [7, 11) is 0. The maximum atomic E-state index is 12.3. The zero-order valence-corrected chi connectivity index (χ0v) is 12.5. The Morgan fingerprint density at radius 3 is 3.10 bits per heavy atom. The van der Waals surface area contributed by atoms with Crippen molar-refractivity contribution in [2.24, 2.45) is 0 Å². The highest BCUT2D eigenvalue weighted by molar-refractivity contribution is 7.14. The van der Waals surface area contributed by atoms with Gasteiger partial charge in [-0.05, 0) is 43.7 Å². The van der Waals surface area contributed by atoms with Crippen molar-refractivity contribution < 1.29 is 4.79 Å². The summed E-state index contributed by atoms with van der Waals surface area (Å²) in [6.07, 6.45) is 8.64. The number of hydrogen-bond acceptors (Lipinski definition) is 3. The molecule has 0 aromatic carbocycles. The Bertz CT molecular complexity index is 591. The summed E-state index contributed by atoms with van der Waals surface area (Å²) < 4.78 is 0. The number of aromatic amines is 1. The highest BCUT2D eigenvalue weighted by Gasteiger charge is 2.17. The van der Waals surface area contributed by atoms with Crippen molar-refractivity contribution in [2.45, 2.75) is 45.4 Å². The Hall–Kier alpha value is -1.62. The number of hydrogen-bond donors (Lipinski definition) is 2. The lowest BCUT2D eigenvalue weighted by Gasteiger charge is -2.02. The number of amides is 1. The lowest BCUT2D eigenvalue weighted by molar-refractivity contribution is 0.103. The molecule has 1 aliphatic rings. The van der Waals surface area contributed by atoms with Gasteiger partial charge in [-0.15, -0.1) is 11.3 Å². The van der Waals surface area contributed by atoms with Crippen LogP contribution in [0.3, 0.4) is 0 Å². The molecule has 5 heteroatoms. The third-order valence-corrected chi connectivity index (χ3v) is 5.04. The summed E-state index contributed by atoms with van der Waals surface area (Å²) in [5.74, 6) is 0.697. The number of carbonyl (C=O) groups is 1. The summed E-state index contributed by atoms with van der Waals surface area (Å²) in [4.78, 5) is 14.5. The SMILES string of the molecule is CCc1cn[nH]c1NC(=O)c1cc2c(s1)CCCCC2. The van der Waals surface area contributed by atoms with Gasteiger partial charge in [0, 0.05) is 10.4 Å². The molecule has 3 rings (SSSR count). The number of fused-ring (bicyclic) bond motifs is 1.